The lowest BCUT2D eigenvalue weighted by molar-refractivity contribution is 0.389. The third kappa shape index (κ3) is 9.04. The van der Waals surface area contributed by atoms with E-state index >= 15 is 0 Å². The summed E-state index contributed by atoms with van der Waals surface area (Å²) >= 11 is 3.65. The topological polar surface area (TPSA) is 77.8 Å². The van der Waals surface area contributed by atoms with Crippen molar-refractivity contribution in [3.63, 3.8) is 0 Å². The van der Waals surface area contributed by atoms with Crippen molar-refractivity contribution >= 4 is 22.7 Å². The van der Waals surface area contributed by atoms with Gasteiger partial charge in [0.25, 0.3) is 0 Å². The van der Waals surface area contributed by atoms with Gasteiger partial charge in [-0.25, -0.2) is 9.97 Å². The van der Waals surface area contributed by atoms with Crippen LogP contribution in [0.25, 0.3) is 0 Å². The van der Waals surface area contributed by atoms with Crippen molar-refractivity contribution in [2.75, 3.05) is 0 Å². The lowest BCUT2D eigenvalue weighted by Gasteiger charge is -1.88. The van der Waals surface area contributed by atoms with E-state index in [4.69, 9.17) is 4.42 Å². The lowest BCUT2D eigenvalue weighted by atomic mass is 10.2. The Morgan fingerprint density at radius 1 is 0.562 bits per heavy atom. The van der Waals surface area contributed by atoms with E-state index in [1.54, 1.807) is 25.2 Å². The van der Waals surface area contributed by atoms with E-state index in [9.17, 15) is 0 Å². The molecular weight excluding hydrogens is 440 g/mol. The molecule has 0 atom stereocenters. The number of rotatable bonds is 0. The summed E-state index contributed by atoms with van der Waals surface area (Å²) in [6.45, 7) is 24.2. The summed E-state index contributed by atoms with van der Waals surface area (Å²) in [5.41, 5.74) is 5.10. The highest BCUT2D eigenvalue weighted by atomic mass is 32.1. The largest absolute Gasteiger partial charge is 0.446 e. The van der Waals surface area contributed by atoms with Gasteiger partial charge in [-0.05, 0) is 80.4 Å². The van der Waals surface area contributed by atoms with Gasteiger partial charge in [0.1, 0.15) is 5.76 Å². The first-order valence-electron chi connectivity index (χ1n) is 10.4. The summed E-state index contributed by atoms with van der Waals surface area (Å²) in [4.78, 5) is 16.4. The molecule has 0 saturated heterocycles. The molecule has 0 aliphatic rings. The molecule has 176 valence electrons. The molecule has 4 rings (SSSR count). The summed E-state index contributed by atoms with van der Waals surface area (Å²) in [6, 6.07) is 0. The normalized spacial score (nSPS) is 9.88. The van der Waals surface area contributed by atoms with Crippen LogP contribution in [0, 0.1) is 83.1 Å². The Balaban J connectivity index is 0.000000214. The Labute approximate surface area is 200 Å². The van der Waals surface area contributed by atoms with Crippen LogP contribution in [0.5, 0.6) is 0 Å². The van der Waals surface area contributed by atoms with E-state index in [2.05, 4.69) is 59.3 Å². The molecule has 4 aromatic rings. The second-order valence-electron chi connectivity index (χ2n) is 7.57. The van der Waals surface area contributed by atoms with Crippen molar-refractivity contribution in [3.8, 4) is 0 Å². The fourth-order valence-corrected chi connectivity index (χ4v) is 4.47. The van der Waals surface area contributed by atoms with Gasteiger partial charge in [-0.15, -0.1) is 22.7 Å². The average molecular weight is 477 g/mol. The molecule has 0 aromatic carbocycles. The SMILES string of the molecule is Cc1nc(C)c(C)o1.Cc1nc(C)c(C)s1.Cc1noc(C)n1.Cc1sc(C)c(C)c1C. The molecule has 4 heterocycles. The first kappa shape index (κ1) is 27.7. The predicted octanol–water partition coefficient (Wildman–Crippen LogP) is 7.34. The van der Waals surface area contributed by atoms with Crippen molar-refractivity contribution < 1.29 is 8.94 Å². The molecule has 0 spiro atoms. The third-order valence-electron chi connectivity index (χ3n) is 4.82. The molecule has 0 aliphatic carbocycles. The number of nitrogens with zero attached hydrogens (tertiary/aromatic N) is 4. The van der Waals surface area contributed by atoms with Gasteiger partial charge in [-0.2, -0.15) is 4.98 Å². The van der Waals surface area contributed by atoms with Crippen molar-refractivity contribution in [3.05, 3.63) is 65.5 Å². The van der Waals surface area contributed by atoms with E-state index in [1.165, 1.54) is 36.5 Å². The van der Waals surface area contributed by atoms with Gasteiger partial charge in [-0.3, -0.25) is 0 Å². The van der Waals surface area contributed by atoms with E-state index in [1.807, 2.05) is 46.0 Å². The Morgan fingerprint density at radius 3 is 1.25 bits per heavy atom. The Morgan fingerprint density at radius 2 is 1.12 bits per heavy atom. The van der Waals surface area contributed by atoms with Crippen molar-refractivity contribution in [2.45, 2.75) is 83.1 Å². The highest BCUT2D eigenvalue weighted by Crippen LogP contribution is 2.24. The number of aryl methyl sites for hydroxylation is 10. The van der Waals surface area contributed by atoms with Crippen LogP contribution < -0.4 is 0 Å². The standard InChI is InChI=1S/C8H12S.C6H9NO.C6H9NS.C4H6N2O/c1-5-6(2)8(4)9-7(5)3;2*1-4-5(2)8-6(3)7-4;1-3-5-4(2)7-6-3/h1-4H3;2*1-3H3;1-2H3. The fourth-order valence-electron chi connectivity index (χ4n) is 2.58. The van der Waals surface area contributed by atoms with Gasteiger partial charge in [-0.1, -0.05) is 5.16 Å². The number of thiazole rings is 1. The molecular formula is C24H36N4O2S2. The van der Waals surface area contributed by atoms with Crippen LogP contribution in [-0.4, -0.2) is 20.1 Å². The average Bonchev–Trinajstić information content (AvgIpc) is 3.37. The van der Waals surface area contributed by atoms with Crippen LogP contribution in [0.1, 0.15) is 65.5 Å². The van der Waals surface area contributed by atoms with Gasteiger partial charge in [0, 0.05) is 28.5 Å². The van der Waals surface area contributed by atoms with Crippen LogP contribution in [0.15, 0.2) is 8.94 Å². The summed E-state index contributed by atoms with van der Waals surface area (Å²) < 4.78 is 9.71. The maximum atomic E-state index is 5.10. The minimum absolute atomic E-state index is 0.623. The summed E-state index contributed by atoms with van der Waals surface area (Å²) in [5, 5.41) is 4.70. The monoisotopic (exact) mass is 476 g/mol. The van der Waals surface area contributed by atoms with Gasteiger partial charge in [0.15, 0.2) is 11.7 Å². The first-order chi connectivity index (χ1) is 14.8. The highest BCUT2D eigenvalue weighted by Gasteiger charge is 2.02. The van der Waals surface area contributed by atoms with E-state index < -0.39 is 0 Å². The molecule has 0 bridgehead atoms. The maximum Gasteiger partial charge on any atom is 0.223 e. The van der Waals surface area contributed by atoms with Crippen LogP contribution in [0.3, 0.4) is 0 Å². The third-order valence-corrected chi connectivity index (χ3v) is 7.04. The molecule has 0 unspecified atom stereocenters. The summed E-state index contributed by atoms with van der Waals surface area (Å²) in [5.74, 6) is 2.98. The fraction of sp³-hybridized carbons (Fsp3) is 0.500. The Kier molecular flexibility index (Phi) is 11.0. The molecule has 0 fully saturated rings. The molecule has 0 N–H and O–H groups in total. The van der Waals surface area contributed by atoms with E-state index in [0.717, 1.165) is 17.3 Å². The maximum absolute atomic E-state index is 5.10. The van der Waals surface area contributed by atoms with Gasteiger partial charge in [0.2, 0.25) is 5.89 Å². The Bertz CT molecular complexity index is 997. The van der Waals surface area contributed by atoms with Crippen LogP contribution in [-0.2, 0) is 0 Å². The number of hydrogen-bond donors (Lipinski definition) is 0. The van der Waals surface area contributed by atoms with E-state index in [0.29, 0.717) is 11.7 Å². The lowest BCUT2D eigenvalue weighted by Crippen LogP contribution is -1.73. The van der Waals surface area contributed by atoms with Crippen molar-refractivity contribution in [2.24, 2.45) is 0 Å². The molecule has 0 amide bonds. The zero-order chi connectivity index (χ0) is 24.6. The van der Waals surface area contributed by atoms with Crippen LogP contribution >= 0.6 is 22.7 Å². The van der Waals surface area contributed by atoms with Gasteiger partial charge in [0.05, 0.1) is 16.4 Å². The predicted molar refractivity (Wildman–Crippen MR) is 134 cm³/mol. The summed E-state index contributed by atoms with van der Waals surface area (Å²) in [6.07, 6.45) is 0. The van der Waals surface area contributed by atoms with Gasteiger partial charge < -0.3 is 8.94 Å². The molecule has 4 aromatic heterocycles. The zero-order valence-electron chi connectivity index (χ0n) is 21.4. The minimum Gasteiger partial charge on any atom is -0.446 e. The number of hydrogen-bond acceptors (Lipinski definition) is 8. The van der Waals surface area contributed by atoms with Crippen LogP contribution in [0.2, 0.25) is 0 Å². The quantitative estimate of drug-likeness (QED) is 0.264. The molecule has 0 radical (unpaired) electrons. The smallest absolute Gasteiger partial charge is 0.223 e. The second kappa shape index (κ2) is 12.6. The first-order valence-corrected chi connectivity index (χ1v) is 12.1. The minimum atomic E-state index is 0.623. The highest BCUT2D eigenvalue weighted by molar-refractivity contribution is 7.12. The zero-order valence-corrected chi connectivity index (χ0v) is 23.1. The van der Waals surface area contributed by atoms with Crippen molar-refractivity contribution in [1.82, 2.24) is 20.1 Å². The van der Waals surface area contributed by atoms with Crippen molar-refractivity contribution in [1.29, 1.82) is 0 Å². The van der Waals surface area contributed by atoms with Crippen LogP contribution in [0.4, 0.5) is 0 Å². The molecule has 6 nitrogen and oxygen atoms in total. The molecule has 0 saturated carbocycles. The molecule has 8 heteroatoms. The molecule has 32 heavy (non-hydrogen) atoms. The number of oxazole rings is 1. The molecule has 0 aliphatic heterocycles. The second-order valence-corrected chi connectivity index (χ2v) is 10.4. The number of aromatic nitrogens is 4. The number of thiophene rings is 1. The van der Waals surface area contributed by atoms with Gasteiger partial charge >= 0.3 is 0 Å². The Hall–Kier alpha value is -2.32. The van der Waals surface area contributed by atoms with E-state index in [-0.39, 0.29) is 0 Å². The summed E-state index contributed by atoms with van der Waals surface area (Å²) in [7, 11) is 0.